The molecule has 5 nitrogen and oxygen atoms in total. The Morgan fingerprint density at radius 2 is 1.92 bits per heavy atom. The van der Waals surface area contributed by atoms with Gasteiger partial charge in [0.2, 0.25) is 5.91 Å². The molecular formula is C18H28ClN3O2. The Balaban J connectivity index is 0.00000288. The second-order valence-electron chi connectivity index (χ2n) is 6.46. The minimum atomic E-state index is -0.233. The molecule has 2 amide bonds. The number of halogens is 1. The summed E-state index contributed by atoms with van der Waals surface area (Å²) in [6.45, 7) is 3.99. The predicted molar refractivity (Wildman–Crippen MR) is 99.6 cm³/mol. The summed E-state index contributed by atoms with van der Waals surface area (Å²) in [5.41, 5.74) is 7.74. The van der Waals surface area contributed by atoms with Crippen LogP contribution in [-0.4, -0.2) is 24.4 Å². The molecule has 0 spiro atoms. The number of amides is 2. The van der Waals surface area contributed by atoms with Crippen LogP contribution in [0.1, 0.15) is 54.9 Å². The number of hydrogen-bond donors (Lipinski definition) is 3. The second kappa shape index (κ2) is 9.64. The number of anilines is 1. The lowest BCUT2D eigenvalue weighted by Crippen LogP contribution is -2.36. The smallest absolute Gasteiger partial charge is 0.251 e. The highest BCUT2D eigenvalue weighted by Crippen LogP contribution is 2.20. The maximum atomic E-state index is 12.3. The van der Waals surface area contributed by atoms with Crippen LogP contribution in [0.2, 0.25) is 0 Å². The molecular weight excluding hydrogens is 326 g/mol. The minimum Gasteiger partial charge on any atom is -0.349 e. The number of aryl methyl sites for hydroxylation is 1. The van der Waals surface area contributed by atoms with Crippen molar-refractivity contribution in [2.45, 2.75) is 52.0 Å². The van der Waals surface area contributed by atoms with E-state index in [1.54, 1.807) is 19.1 Å². The van der Waals surface area contributed by atoms with E-state index in [9.17, 15) is 9.59 Å². The van der Waals surface area contributed by atoms with Crippen molar-refractivity contribution in [2.24, 2.45) is 11.7 Å². The van der Waals surface area contributed by atoms with Crippen LogP contribution in [0.4, 0.5) is 5.69 Å². The largest absolute Gasteiger partial charge is 0.349 e. The SMILES string of the molecule is Cc1cc(C(=O)NC2CCCCC2)ccc1NC(=O)C(C)CN.Cl. The fraction of sp³-hybridized carbons (Fsp3) is 0.556. The summed E-state index contributed by atoms with van der Waals surface area (Å²) in [4.78, 5) is 24.2. The highest BCUT2D eigenvalue weighted by atomic mass is 35.5. The third-order valence-corrected chi connectivity index (χ3v) is 4.49. The molecule has 1 aromatic rings. The molecule has 1 fully saturated rings. The van der Waals surface area contributed by atoms with Gasteiger partial charge < -0.3 is 16.4 Å². The summed E-state index contributed by atoms with van der Waals surface area (Å²) >= 11 is 0. The van der Waals surface area contributed by atoms with Crippen molar-refractivity contribution in [3.05, 3.63) is 29.3 Å². The Kier molecular flexibility index (Phi) is 8.22. The zero-order valence-electron chi connectivity index (χ0n) is 14.4. The summed E-state index contributed by atoms with van der Waals surface area (Å²) in [7, 11) is 0. The van der Waals surface area contributed by atoms with Crippen LogP contribution in [0.3, 0.4) is 0 Å². The lowest BCUT2D eigenvalue weighted by Gasteiger charge is -2.23. The van der Waals surface area contributed by atoms with Gasteiger partial charge in [-0.15, -0.1) is 12.4 Å². The van der Waals surface area contributed by atoms with E-state index in [-0.39, 0.29) is 30.1 Å². The third kappa shape index (κ3) is 5.49. The first kappa shape index (κ1) is 20.5. The molecule has 6 heteroatoms. The van der Waals surface area contributed by atoms with Crippen LogP contribution in [0.5, 0.6) is 0 Å². The molecule has 134 valence electrons. The van der Waals surface area contributed by atoms with E-state index in [1.807, 2.05) is 13.0 Å². The summed E-state index contributed by atoms with van der Waals surface area (Å²) in [6, 6.07) is 5.66. The quantitative estimate of drug-likeness (QED) is 0.760. The fourth-order valence-electron chi connectivity index (χ4n) is 2.82. The maximum Gasteiger partial charge on any atom is 0.251 e. The van der Waals surface area contributed by atoms with Crippen molar-refractivity contribution in [1.82, 2.24) is 5.32 Å². The van der Waals surface area contributed by atoms with Crippen LogP contribution in [-0.2, 0) is 4.79 Å². The van der Waals surface area contributed by atoms with Crippen LogP contribution in [0.25, 0.3) is 0 Å². The predicted octanol–water partition coefficient (Wildman–Crippen LogP) is 3.01. The van der Waals surface area contributed by atoms with Gasteiger partial charge >= 0.3 is 0 Å². The van der Waals surface area contributed by atoms with Gasteiger partial charge in [0.25, 0.3) is 5.91 Å². The minimum absolute atomic E-state index is 0. The highest BCUT2D eigenvalue weighted by Gasteiger charge is 2.17. The molecule has 2 rings (SSSR count). The molecule has 0 bridgehead atoms. The molecule has 0 radical (unpaired) electrons. The van der Waals surface area contributed by atoms with Crippen molar-refractivity contribution in [2.75, 3.05) is 11.9 Å². The van der Waals surface area contributed by atoms with Crippen LogP contribution in [0.15, 0.2) is 18.2 Å². The second-order valence-corrected chi connectivity index (χ2v) is 6.46. The van der Waals surface area contributed by atoms with Gasteiger partial charge in [-0.3, -0.25) is 9.59 Å². The van der Waals surface area contributed by atoms with E-state index >= 15 is 0 Å². The summed E-state index contributed by atoms with van der Waals surface area (Å²) < 4.78 is 0. The molecule has 1 aliphatic rings. The van der Waals surface area contributed by atoms with Crippen molar-refractivity contribution < 1.29 is 9.59 Å². The number of nitrogens with two attached hydrogens (primary N) is 1. The van der Waals surface area contributed by atoms with E-state index < -0.39 is 0 Å². The average Bonchev–Trinajstić information content (AvgIpc) is 2.56. The van der Waals surface area contributed by atoms with Gasteiger partial charge in [0.05, 0.1) is 0 Å². The standard InChI is InChI=1S/C18H27N3O2.ClH/c1-12-10-14(18(23)20-15-6-4-3-5-7-15)8-9-16(12)21-17(22)13(2)11-19;/h8-10,13,15H,3-7,11,19H2,1-2H3,(H,20,23)(H,21,22);1H. The molecule has 0 heterocycles. The molecule has 1 atom stereocenters. The maximum absolute atomic E-state index is 12.3. The zero-order valence-corrected chi connectivity index (χ0v) is 15.2. The lowest BCUT2D eigenvalue weighted by molar-refractivity contribution is -0.119. The average molecular weight is 354 g/mol. The van der Waals surface area contributed by atoms with Gasteiger partial charge in [-0.1, -0.05) is 26.2 Å². The van der Waals surface area contributed by atoms with Gasteiger partial charge in [0, 0.05) is 29.8 Å². The number of benzene rings is 1. The van der Waals surface area contributed by atoms with E-state index in [2.05, 4.69) is 10.6 Å². The number of nitrogens with one attached hydrogen (secondary N) is 2. The Morgan fingerprint density at radius 3 is 2.50 bits per heavy atom. The summed E-state index contributed by atoms with van der Waals surface area (Å²) in [5.74, 6) is -0.369. The fourth-order valence-corrected chi connectivity index (χ4v) is 2.82. The van der Waals surface area contributed by atoms with E-state index in [0.29, 0.717) is 18.2 Å². The van der Waals surface area contributed by atoms with Gasteiger partial charge in [-0.05, 0) is 43.5 Å². The van der Waals surface area contributed by atoms with Crippen LogP contribution in [0, 0.1) is 12.8 Å². The van der Waals surface area contributed by atoms with Gasteiger partial charge in [-0.25, -0.2) is 0 Å². The van der Waals surface area contributed by atoms with Crippen molar-refractivity contribution in [3.63, 3.8) is 0 Å². The first-order chi connectivity index (χ1) is 11.0. The molecule has 1 aliphatic carbocycles. The van der Waals surface area contributed by atoms with E-state index in [0.717, 1.165) is 24.1 Å². The Bertz CT molecular complexity index is 571. The lowest BCUT2D eigenvalue weighted by atomic mass is 9.95. The zero-order chi connectivity index (χ0) is 16.8. The molecule has 1 unspecified atom stereocenters. The number of rotatable bonds is 5. The van der Waals surface area contributed by atoms with E-state index in [4.69, 9.17) is 5.73 Å². The van der Waals surface area contributed by atoms with Gasteiger partial charge in [0.15, 0.2) is 0 Å². The van der Waals surface area contributed by atoms with Crippen molar-refractivity contribution in [3.8, 4) is 0 Å². The number of carbonyl (C=O) groups is 2. The molecule has 0 aliphatic heterocycles. The summed E-state index contributed by atoms with van der Waals surface area (Å²) in [6.07, 6.45) is 5.77. The van der Waals surface area contributed by atoms with Crippen molar-refractivity contribution >= 4 is 29.9 Å². The Hall–Kier alpha value is -1.59. The summed E-state index contributed by atoms with van der Waals surface area (Å²) in [5, 5.41) is 5.96. The topological polar surface area (TPSA) is 84.2 Å². The van der Waals surface area contributed by atoms with Crippen LogP contribution >= 0.6 is 12.4 Å². The first-order valence-electron chi connectivity index (χ1n) is 8.43. The Morgan fingerprint density at radius 1 is 1.25 bits per heavy atom. The van der Waals surface area contributed by atoms with Gasteiger partial charge in [0.1, 0.15) is 0 Å². The molecule has 0 aromatic heterocycles. The van der Waals surface area contributed by atoms with E-state index in [1.165, 1.54) is 19.3 Å². The van der Waals surface area contributed by atoms with Crippen LogP contribution < -0.4 is 16.4 Å². The first-order valence-corrected chi connectivity index (χ1v) is 8.43. The monoisotopic (exact) mass is 353 g/mol. The van der Waals surface area contributed by atoms with Gasteiger partial charge in [-0.2, -0.15) is 0 Å². The number of hydrogen-bond acceptors (Lipinski definition) is 3. The van der Waals surface area contributed by atoms with Crippen molar-refractivity contribution in [1.29, 1.82) is 0 Å². The normalized spacial score (nSPS) is 16.0. The molecule has 0 saturated heterocycles. The molecule has 1 aromatic carbocycles. The number of carbonyl (C=O) groups excluding carboxylic acids is 2. The highest BCUT2D eigenvalue weighted by molar-refractivity contribution is 5.97. The molecule has 24 heavy (non-hydrogen) atoms. The Labute approximate surface area is 150 Å². The molecule has 1 saturated carbocycles. The third-order valence-electron chi connectivity index (χ3n) is 4.49. The molecule has 4 N–H and O–H groups in total.